The first-order chi connectivity index (χ1) is 21.4. The number of methoxy groups -OCH3 is 1. The number of carbonyl (C=O) groups is 5. The van der Waals surface area contributed by atoms with Gasteiger partial charge in [-0.2, -0.15) is 0 Å². The summed E-state index contributed by atoms with van der Waals surface area (Å²) < 4.78 is 15.3. The molecule has 13 nitrogen and oxygen atoms in total. The maximum atomic E-state index is 13.7. The molecule has 0 aliphatic rings. The fourth-order valence-electron chi connectivity index (χ4n) is 4.20. The van der Waals surface area contributed by atoms with Gasteiger partial charge in [-0.05, 0) is 50.5 Å². The van der Waals surface area contributed by atoms with Crippen molar-refractivity contribution in [2.45, 2.75) is 77.5 Å². The lowest BCUT2D eigenvalue weighted by Crippen LogP contribution is -2.55. The SMILES string of the molecule is CCCCCNC(=O)[C@H](Cc1ccc(OCC(=O)OC)c(C(=O)NO)c1)NC(=O)[C@H](Cc1ccccc1)NC(=O)OC(C)(C)C. The molecule has 2 atom stereocenters. The van der Waals surface area contributed by atoms with Crippen molar-refractivity contribution >= 4 is 29.8 Å². The average molecular weight is 629 g/mol. The molecule has 0 bridgehead atoms. The van der Waals surface area contributed by atoms with Gasteiger partial charge in [0.1, 0.15) is 23.4 Å². The molecule has 0 aliphatic heterocycles. The van der Waals surface area contributed by atoms with E-state index in [9.17, 15) is 29.2 Å². The van der Waals surface area contributed by atoms with Crippen LogP contribution in [-0.2, 0) is 36.7 Å². The van der Waals surface area contributed by atoms with Gasteiger partial charge < -0.3 is 30.2 Å². The number of hydrogen-bond donors (Lipinski definition) is 5. The lowest BCUT2D eigenvalue weighted by atomic mass is 10.0. The van der Waals surface area contributed by atoms with E-state index in [1.807, 2.05) is 37.3 Å². The average Bonchev–Trinajstić information content (AvgIpc) is 3.00. The monoisotopic (exact) mass is 628 g/mol. The summed E-state index contributed by atoms with van der Waals surface area (Å²) in [7, 11) is 1.19. The standard InChI is InChI=1S/C32H44N4O9/c1-6-7-11-16-33-29(39)24(19-22-14-15-26(44-20-27(37)43-5)23(17-22)28(38)36-42)34-30(40)25(18-21-12-9-8-10-13-21)35-31(41)45-32(2,3)4/h8-10,12-15,17,24-25,42H,6-7,11,16,18-20H2,1-5H3,(H,33,39)(H,34,40)(H,35,41)(H,36,38)/t24-,25-/m0/s1. The fraction of sp³-hybridized carbons (Fsp3) is 0.469. The van der Waals surface area contributed by atoms with Crippen LogP contribution in [0.2, 0.25) is 0 Å². The molecule has 0 heterocycles. The second-order valence-corrected chi connectivity index (χ2v) is 11.3. The molecule has 0 fully saturated rings. The van der Waals surface area contributed by atoms with Crippen LogP contribution in [0.15, 0.2) is 48.5 Å². The van der Waals surface area contributed by atoms with E-state index < -0.39 is 54.1 Å². The highest BCUT2D eigenvalue weighted by atomic mass is 16.6. The third-order valence-electron chi connectivity index (χ3n) is 6.41. The van der Waals surface area contributed by atoms with Gasteiger partial charge in [0, 0.05) is 19.4 Å². The number of hydroxylamine groups is 1. The maximum Gasteiger partial charge on any atom is 0.408 e. The second kappa shape index (κ2) is 18.2. The van der Waals surface area contributed by atoms with Crippen LogP contribution in [0.5, 0.6) is 5.75 Å². The Morgan fingerprint density at radius 3 is 2.16 bits per heavy atom. The Hall–Kier alpha value is -4.65. The summed E-state index contributed by atoms with van der Waals surface area (Å²) in [4.78, 5) is 63.6. The summed E-state index contributed by atoms with van der Waals surface area (Å²) >= 11 is 0. The first kappa shape index (κ1) is 36.5. The second-order valence-electron chi connectivity index (χ2n) is 11.3. The van der Waals surface area contributed by atoms with E-state index in [1.54, 1.807) is 26.8 Å². The minimum absolute atomic E-state index is 0.00946. The number of esters is 1. The molecule has 45 heavy (non-hydrogen) atoms. The van der Waals surface area contributed by atoms with E-state index in [0.717, 1.165) is 24.8 Å². The van der Waals surface area contributed by atoms with Gasteiger partial charge in [-0.25, -0.2) is 15.1 Å². The van der Waals surface area contributed by atoms with Gasteiger partial charge >= 0.3 is 12.1 Å². The van der Waals surface area contributed by atoms with E-state index in [-0.39, 0.29) is 24.2 Å². The number of benzene rings is 2. The quantitative estimate of drug-likeness (QED) is 0.0808. The Labute approximate surface area is 263 Å². The highest BCUT2D eigenvalue weighted by Crippen LogP contribution is 2.22. The first-order valence-corrected chi connectivity index (χ1v) is 14.7. The number of nitrogens with one attached hydrogen (secondary N) is 4. The summed E-state index contributed by atoms with van der Waals surface area (Å²) in [5, 5.41) is 17.5. The van der Waals surface area contributed by atoms with Crippen molar-refractivity contribution < 1.29 is 43.4 Å². The minimum Gasteiger partial charge on any atom is -0.481 e. The molecule has 0 aliphatic carbocycles. The van der Waals surface area contributed by atoms with Gasteiger partial charge in [-0.1, -0.05) is 56.2 Å². The Kier molecular flexibility index (Phi) is 14.8. The smallest absolute Gasteiger partial charge is 0.408 e. The molecule has 2 aromatic rings. The van der Waals surface area contributed by atoms with Gasteiger partial charge in [0.05, 0.1) is 12.7 Å². The van der Waals surface area contributed by atoms with Crippen LogP contribution >= 0.6 is 0 Å². The molecule has 4 amide bonds. The Bertz CT molecular complexity index is 1300. The van der Waals surface area contributed by atoms with Gasteiger partial charge in [0.2, 0.25) is 11.8 Å². The minimum atomic E-state index is -1.11. The first-order valence-electron chi connectivity index (χ1n) is 14.7. The normalized spacial score (nSPS) is 12.2. The number of amides is 4. The highest BCUT2D eigenvalue weighted by molar-refractivity contribution is 5.96. The van der Waals surface area contributed by atoms with Crippen LogP contribution in [0.1, 0.15) is 68.4 Å². The molecule has 0 unspecified atom stereocenters. The van der Waals surface area contributed by atoms with E-state index in [2.05, 4.69) is 20.7 Å². The summed E-state index contributed by atoms with van der Waals surface area (Å²) in [5.74, 6) is -2.68. The molecule has 246 valence electrons. The maximum absolute atomic E-state index is 13.7. The van der Waals surface area contributed by atoms with Crippen LogP contribution in [0.25, 0.3) is 0 Å². The third kappa shape index (κ3) is 13.3. The highest BCUT2D eigenvalue weighted by Gasteiger charge is 2.29. The van der Waals surface area contributed by atoms with Crippen molar-refractivity contribution in [3.8, 4) is 5.75 Å². The molecular formula is C32H44N4O9. The molecular weight excluding hydrogens is 584 g/mol. The van der Waals surface area contributed by atoms with E-state index in [1.165, 1.54) is 24.7 Å². The molecule has 2 aromatic carbocycles. The van der Waals surface area contributed by atoms with Gasteiger partial charge in [-0.3, -0.25) is 19.6 Å². The molecule has 0 aromatic heterocycles. The van der Waals surface area contributed by atoms with Crippen LogP contribution in [0.4, 0.5) is 4.79 Å². The van der Waals surface area contributed by atoms with Gasteiger partial charge in [-0.15, -0.1) is 0 Å². The van der Waals surface area contributed by atoms with Crippen molar-refractivity contribution in [2.24, 2.45) is 0 Å². The summed E-state index contributed by atoms with van der Waals surface area (Å²) in [6.07, 6.45) is 1.88. The summed E-state index contributed by atoms with van der Waals surface area (Å²) in [6, 6.07) is 11.2. The zero-order chi connectivity index (χ0) is 33.4. The summed E-state index contributed by atoms with van der Waals surface area (Å²) in [5.41, 5.74) is 1.84. The van der Waals surface area contributed by atoms with Crippen LogP contribution in [-0.4, -0.2) is 72.9 Å². The van der Waals surface area contributed by atoms with Gasteiger partial charge in [0.25, 0.3) is 5.91 Å². The number of unbranched alkanes of at least 4 members (excludes halogenated alkanes) is 2. The zero-order valence-electron chi connectivity index (χ0n) is 26.4. The molecule has 0 saturated heterocycles. The van der Waals surface area contributed by atoms with Crippen molar-refractivity contribution in [1.82, 2.24) is 21.4 Å². The largest absolute Gasteiger partial charge is 0.481 e. The van der Waals surface area contributed by atoms with Crippen molar-refractivity contribution in [2.75, 3.05) is 20.3 Å². The topological polar surface area (TPSA) is 181 Å². The number of rotatable bonds is 16. The predicted molar refractivity (Wildman–Crippen MR) is 165 cm³/mol. The Balaban J connectivity index is 2.37. The number of hydrogen-bond acceptors (Lipinski definition) is 9. The lowest BCUT2D eigenvalue weighted by molar-refractivity contribution is -0.143. The van der Waals surface area contributed by atoms with Crippen LogP contribution < -0.4 is 26.2 Å². The Morgan fingerprint density at radius 1 is 0.867 bits per heavy atom. The summed E-state index contributed by atoms with van der Waals surface area (Å²) in [6.45, 7) is 7.06. The third-order valence-corrected chi connectivity index (χ3v) is 6.41. The van der Waals surface area contributed by atoms with Crippen molar-refractivity contribution in [1.29, 1.82) is 0 Å². The van der Waals surface area contributed by atoms with Gasteiger partial charge in [0.15, 0.2) is 6.61 Å². The van der Waals surface area contributed by atoms with E-state index >= 15 is 0 Å². The molecule has 0 radical (unpaired) electrons. The molecule has 0 saturated carbocycles. The number of carbonyl (C=O) groups excluding carboxylic acids is 5. The van der Waals surface area contributed by atoms with Crippen molar-refractivity contribution in [3.63, 3.8) is 0 Å². The van der Waals surface area contributed by atoms with E-state index in [4.69, 9.17) is 9.47 Å². The fourth-order valence-corrected chi connectivity index (χ4v) is 4.20. The van der Waals surface area contributed by atoms with Crippen molar-refractivity contribution in [3.05, 3.63) is 65.2 Å². The number of alkyl carbamates (subject to hydrolysis) is 1. The molecule has 2 rings (SSSR count). The Morgan fingerprint density at radius 2 is 1.53 bits per heavy atom. The molecule has 13 heteroatoms. The predicted octanol–water partition coefficient (Wildman–Crippen LogP) is 2.83. The van der Waals surface area contributed by atoms with E-state index in [0.29, 0.717) is 12.1 Å². The number of ether oxygens (including phenoxy) is 3. The van der Waals surface area contributed by atoms with Crippen LogP contribution in [0, 0.1) is 0 Å². The van der Waals surface area contributed by atoms with Crippen LogP contribution in [0.3, 0.4) is 0 Å². The lowest BCUT2D eigenvalue weighted by Gasteiger charge is -2.25. The molecule has 0 spiro atoms. The zero-order valence-corrected chi connectivity index (χ0v) is 26.4. The molecule has 5 N–H and O–H groups in total.